The molecule has 1 amide bonds. The van der Waals surface area contributed by atoms with Crippen LogP contribution in [0.25, 0.3) is 0 Å². The molecule has 0 heterocycles. The Morgan fingerprint density at radius 1 is 1.26 bits per heavy atom. The van der Waals surface area contributed by atoms with Crippen LogP contribution in [0, 0.1) is 11.2 Å². The molecule has 0 aromatic heterocycles. The van der Waals surface area contributed by atoms with Gasteiger partial charge in [0.1, 0.15) is 11.5 Å². The van der Waals surface area contributed by atoms with Gasteiger partial charge >= 0.3 is 0 Å². The number of benzene rings is 2. The first-order chi connectivity index (χ1) is 13.0. The monoisotopic (exact) mass is 433 g/mol. The van der Waals surface area contributed by atoms with E-state index in [1.165, 1.54) is 12.1 Å². The average molecular weight is 434 g/mol. The van der Waals surface area contributed by atoms with Crippen molar-refractivity contribution in [1.82, 2.24) is 5.32 Å². The lowest BCUT2D eigenvalue weighted by Crippen LogP contribution is -2.30. The van der Waals surface area contributed by atoms with Crippen molar-refractivity contribution >= 4 is 33.7 Å². The highest BCUT2D eigenvalue weighted by Crippen LogP contribution is 2.20. The largest absolute Gasteiger partial charge is 0.378 e. The van der Waals surface area contributed by atoms with Gasteiger partial charge in [0.2, 0.25) is 0 Å². The van der Waals surface area contributed by atoms with E-state index in [1.54, 1.807) is 13.0 Å². The summed E-state index contributed by atoms with van der Waals surface area (Å²) in [7, 11) is 0. The van der Waals surface area contributed by atoms with E-state index in [0.29, 0.717) is 29.8 Å². The standard InChI is InChI=1S/C20H21BrFN3O2/c1-14(12-23)19(20(26)25-18-8-7-16(21)11-17(18)22)24-9-10-27-13-15-5-3-2-4-6-15/h2-8,11-12,23-24H,9-10,13H2,1H3,(H,25,26)/b19-14-,23-12?. The predicted molar refractivity (Wildman–Crippen MR) is 108 cm³/mol. The number of carbonyl (C=O) groups is 1. The molecule has 7 heteroatoms. The highest BCUT2D eigenvalue weighted by molar-refractivity contribution is 9.10. The lowest BCUT2D eigenvalue weighted by atomic mass is 10.2. The van der Waals surface area contributed by atoms with Crippen molar-refractivity contribution in [3.63, 3.8) is 0 Å². The Kier molecular flexibility index (Phi) is 8.16. The summed E-state index contributed by atoms with van der Waals surface area (Å²) in [6.07, 6.45) is 1.07. The number of hydrogen-bond acceptors (Lipinski definition) is 4. The number of carbonyl (C=O) groups excluding carboxylic acids is 1. The summed E-state index contributed by atoms with van der Waals surface area (Å²) in [4.78, 5) is 12.5. The Bertz CT molecular complexity index is 825. The third-order valence-corrected chi connectivity index (χ3v) is 4.17. The van der Waals surface area contributed by atoms with Crippen molar-refractivity contribution in [3.05, 3.63) is 75.7 Å². The van der Waals surface area contributed by atoms with Crippen LogP contribution in [0.1, 0.15) is 12.5 Å². The lowest BCUT2D eigenvalue weighted by Gasteiger charge is -2.14. The topological polar surface area (TPSA) is 74.2 Å². The zero-order valence-corrected chi connectivity index (χ0v) is 16.5. The van der Waals surface area contributed by atoms with Crippen LogP contribution in [-0.2, 0) is 16.1 Å². The van der Waals surface area contributed by atoms with Crippen LogP contribution in [0.2, 0.25) is 0 Å². The Labute approximate surface area is 166 Å². The molecule has 0 aliphatic carbocycles. The van der Waals surface area contributed by atoms with Crippen LogP contribution in [0.15, 0.2) is 64.3 Å². The third kappa shape index (κ3) is 6.62. The number of anilines is 1. The molecule has 2 aromatic rings. The van der Waals surface area contributed by atoms with Crippen molar-refractivity contribution in [1.29, 1.82) is 5.41 Å². The minimum Gasteiger partial charge on any atom is -0.378 e. The lowest BCUT2D eigenvalue weighted by molar-refractivity contribution is -0.113. The van der Waals surface area contributed by atoms with Crippen molar-refractivity contribution in [3.8, 4) is 0 Å². The Balaban J connectivity index is 1.91. The SMILES string of the molecule is C/C(C=N)=C(/NCCOCc1ccccc1)C(=O)Nc1ccc(Br)cc1F. The quantitative estimate of drug-likeness (QED) is 0.314. The number of allylic oxidation sites excluding steroid dienone is 1. The molecule has 0 atom stereocenters. The Hall–Kier alpha value is -2.51. The highest BCUT2D eigenvalue weighted by Gasteiger charge is 2.14. The molecule has 142 valence electrons. The number of hydrogen-bond donors (Lipinski definition) is 3. The predicted octanol–water partition coefficient (Wildman–Crippen LogP) is 4.26. The van der Waals surface area contributed by atoms with Gasteiger partial charge in [-0.2, -0.15) is 0 Å². The van der Waals surface area contributed by atoms with E-state index in [4.69, 9.17) is 10.1 Å². The summed E-state index contributed by atoms with van der Waals surface area (Å²) < 4.78 is 20.1. The summed E-state index contributed by atoms with van der Waals surface area (Å²) in [5, 5.41) is 12.9. The fourth-order valence-corrected chi connectivity index (χ4v) is 2.59. The van der Waals surface area contributed by atoms with Crippen molar-refractivity contribution in [2.75, 3.05) is 18.5 Å². The molecular formula is C20H21BrFN3O2. The molecule has 3 N–H and O–H groups in total. The fourth-order valence-electron chi connectivity index (χ4n) is 2.26. The zero-order valence-electron chi connectivity index (χ0n) is 14.9. The number of ether oxygens (including phenoxy) is 1. The minimum atomic E-state index is -0.546. The first-order valence-electron chi connectivity index (χ1n) is 8.34. The number of rotatable bonds is 9. The number of halogens is 2. The van der Waals surface area contributed by atoms with E-state index >= 15 is 0 Å². The van der Waals surface area contributed by atoms with Gasteiger partial charge in [-0.05, 0) is 36.3 Å². The summed E-state index contributed by atoms with van der Waals surface area (Å²) in [6.45, 7) is 2.87. The van der Waals surface area contributed by atoms with E-state index in [1.807, 2.05) is 30.3 Å². The first-order valence-corrected chi connectivity index (χ1v) is 9.14. The highest BCUT2D eigenvalue weighted by atomic mass is 79.9. The maximum Gasteiger partial charge on any atom is 0.272 e. The normalized spacial score (nSPS) is 11.5. The molecule has 0 aliphatic heterocycles. The molecule has 0 spiro atoms. The van der Waals surface area contributed by atoms with Crippen LogP contribution in [0.5, 0.6) is 0 Å². The summed E-state index contributed by atoms with van der Waals surface area (Å²) in [6, 6.07) is 14.1. The molecule has 2 aromatic carbocycles. The molecule has 0 unspecified atom stereocenters. The molecule has 0 radical (unpaired) electrons. The smallest absolute Gasteiger partial charge is 0.272 e. The van der Waals surface area contributed by atoms with Crippen molar-refractivity contribution in [2.45, 2.75) is 13.5 Å². The van der Waals surface area contributed by atoms with Gasteiger partial charge in [-0.3, -0.25) is 4.79 Å². The number of amides is 1. The fraction of sp³-hybridized carbons (Fsp3) is 0.200. The van der Waals surface area contributed by atoms with E-state index in [9.17, 15) is 9.18 Å². The van der Waals surface area contributed by atoms with Gasteiger partial charge in [0, 0.05) is 17.2 Å². The summed E-state index contributed by atoms with van der Waals surface area (Å²) in [5.74, 6) is -1.06. The second kappa shape index (κ2) is 10.6. The van der Waals surface area contributed by atoms with Crippen LogP contribution < -0.4 is 10.6 Å². The van der Waals surface area contributed by atoms with Crippen LogP contribution in [0.4, 0.5) is 10.1 Å². The Morgan fingerprint density at radius 2 is 2.00 bits per heavy atom. The van der Waals surface area contributed by atoms with Gasteiger partial charge in [-0.1, -0.05) is 46.3 Å². The van der Waals surface area contributed by atoms with Crippen LogP contribution >= 0.6 is 15.9 Å². The molecule has 0 saturated heterocycles. The van der Waals surface area contributed by atoms with Gasteiger partial charge in [0.05, 0.1) is 18.9 Å². The zero-order chi connectivity index (χ0) is 19.6. The van der Waals surface area contributed by atoms with Gasteiger partial charge < -0.3 is 20.8 Å². The van der Waals surface area contributed by atoms with Crippen LogP contribution in [0.3, 0.4) is 0 Å². The van der Waals surface area contributed by atoms with Crippen LogP contribution in [-0.4, -0.2) is 25.3 Å². The molecule has 5 nitrogen and oxygen atoms in total. The second-order valence-corrected chi connectivity index (χ2v) is 6.66. The third-order valence-electron chi connectivity index (χ3n) is 3.68. The Morgan fingerprint density at radius 3 is 2.67 bits per heavy atom. The average Bonchev–Trinajstić information content (AvgIpc) is 2.67. The first kappa shape index (κ1) is 20.8. The molecule has 2 rings (SSSR count). The van der Waals surface area contributed by atoms with E-state index in [2.05, 4.69) is 26.6 Å². The van der Waals surface area contributed by atoms with Crippen molar-refractivity contribution in [2.24, 2.45) is 0 Å². The molecular weight excluding hydrogens is 413 g/mol. The molecule has 0 bridgehead atoms. The molecule has 0 saturated carbocycles. The van der Waals surface area contributed by atoms with Gasteiger partial charge in [0.15, 0.2) is 0 Å². The minimum absolute atomic E-state index is 0.0700. The molecule has 0 aliphatic rings. The van der Waals surface area contributed by atoms with E-state index < -0.39 is 11.7 Å². The van der Waals surface area contributed by atoms with E-state index in [-0.39, 0.29) is 11.4 Å². The maximum absolute atomic E-state index is 13.9. The van der Waals surface area contributed by atoms with E-state index in [0.717, 1.165) is 11.8 Å². The molecule has 27 heavy (non-hydrogen) atoms. The summed E-state index contributed by atoms with van der Waals surface area (Å²) in [5.41, 5.74) is 1.77. The van der Waals surface area contributed by atoms with Crippen molar-refractivity contribution < 1.29 is 13.9 Å². The van der Waals surface area contributed by atoms with Gasteiger partial charge in [-0.25, -0.2) is 4.39 Å². The van der Waals surface area contributed by atoms with Gasteiger partial charge in [-0.15, -0.1) is 0 Å². The second-order valence-electron chi connectivity index (χ2n) is 5.75. The number of nitrogens with one attached hydrogen (secondary N) is 3. The maximum atomic E-state index is 13.9. The summed E-state index contributed by atoms with van der Waals surface area (Å²) >= 11 is 3.17. The molecule has 0 fully saturated rings. The van der Waals surface area contributed by atoms with Gasteiger partial charge in [0.25, 0.3) is 5.91 Å².